The van der Waals surface area contributed by atoms with Gasteiger partial charge in [-0.15, -0.1) is 0 Å². The molecule has 1 atom stereocenters. The van der Waals surface area contributed by atoms with Crippen LogP contribution in [0.2, 0.25) is 0 Å². The highest BCUT2D eigenvalue weighted by atomic mass is 19.1. The number of para-hydroxylation sites is 2. The molecule has 158 valence electrons. The Bertz CT molecular complexity index is 948. The van der Waals surface area contributed by atoms with Crippen LogP contribution in [-0.4, -0.2) is 62.1 Å². The Labute approximate surface area is 172 Å². The molecule has 0 saturated carbocycles. The molecule has 1 fully saturated rings. The van der Waals surface area contributed by atoms with Crippen molar-refractivity contribution in [3.05, 3.63) is 54.1 Å². The van der Waals surface area contributed by atoms with E-state index in [9.17, 15) is 18.4 Å². The first kappa shape index (κ1) is 20.1. The normalized spacial score (nSPS) is 18.7. The Balaban J connectivity index is 1.25. The van der Waals surface area contributed by atoms with Crippen LogP contribution in [-0.2, 0) is 9.59 Å². The Morgan fingerprint density at radius 1 is 1.10 bits per heavy atom. The second-order valence-electron chi connectivity index (χ2n) is 7.29. The topological polar surface area (TPSA) is 72.3 Å². The van der Waals surface area contributed by atoms with Crippen molar-refractivity contribution in [1.82, 2.24) is 4.90 Å². The van der Waals surface area contributed by atoms with Gasteiger partial charge in [0.2, 0.25) is 6.10 Å². The zero-order valence-electron chi connectivity index (χ0n) is 16.2. The molecule has 2 N–H and O–H groups in total. The third-order valence-electron chi connectivity index (χ3n) is 5.18. The smallest absolute Gasteiger partial charge is 0.279 e. The number of nitrogens with one attached hydrogen (secondary N) is 2. The SMILES string of the molecule is O=C(C[NH+]1CCN(C(=O)[C@H]2COc3ccccc3O2)CC1)Nc1ccc(F)cc1F. The molecule has 2 aliphatic rings. The minimum Gasteiger partial charge on any atom is -0.485 e. The number of ether oxygens (including phenoxy) is 2. The molecule has 9 heteroatoms. The fraction of sp³-hybridized carbons (Fsp3) is 0.333. The van der Waals surface area contributed by atoms with Crippen molar-refractivity contribution in [2.24, 2.45) is 0 Å². The van der Waals surface area contributed by atoms with E-state index in [4.69, 9.17) is 9.47 Å². The van der Waals surface area contributed by atoms with Gasteiger partial charge in [-0.05, 0) is 24.3 Å². The van der Waals surface area contributed by atoms with Gasteiger partial charge in [0, 0.05) is 6.07 Å². The van der Waals surface area contributed by atoms with Gasteiger partial charge in [0.1, 0.15) is 18.2 Å². The monoisotopic (exact) mass is 418 g/mol. The first-order chi connectivity index (χ1) is 14.5. The lowest BCUT2D eigenvalue weighted by atomic mass is 10.2. The van der Waals surface area contributed by atoms with Crippen LogP contribution in [0.4, 0.5) is 14.5 Å². The third-order valence-corrected chi connectivity index (χ3v) is 5.18. The minimum absolute atomic E-state index is 0.0515. The summed E-state index contributed by atoms with van der Waals surface area (Å²) in [7, 11) is 0. The summed E-state index contributed by atoms with van der Waals surface area (Å²) in [6, 6.07) is 10.2. The number of nitrogens with zero attached hydrogens (tertiary/aromatic N) is 1. The number of piperazine rings is 1. The van der Waals surface area contributed by atoms with Crippen molar-refractivity contribution in [1.29, 1.82) is 0 Å². The van der Waals surface area contributed by atoms with Gasteiger partial charge in [0.05, 0.1) is 31.9 Å². The van der Waals surface area contributed by atoms with Gasteiger partial charge >= 0.3 is 0 Å². The predicted molar refractivity (Wildman–Crippen MR) is 103 cm³/mol. The molecule has 0 radical (unpaired) electrons. The van der Waals surface area contributed by atoms with Gasteiger partial charge in [-0.3, -0.25) is 9.59 Å². The zero-order valence-corrected chi connectivity index (χ0v) is 16.2. The molecule has 2 heterocycles. The van der Waals surface area contributed by atoms with E-state index in [0.717, 1.165) is 17.0 Å². The van der Waals surface area contributed by atoms with Gasteiger partial charge in [-0.1, -0.05) is 12.1 Å². The van der Waals surface area contributed by atoms with E-state index in [1.165, 1.54) is 6.07 Å². The number of fused-ring (bicyclic) bond motifs is 1. The molecule has 0 spiro atoms. The van der Waals surface area contributed by atoms with Crippen LogP contribution >= 0.6 is 0 Å². The fourth-order valence-electron chi connectivity index (χ4n) is 3.58. The Kier molecular flexibility index (Phi) is 5.80. The number of amides is 2. The van der Waals surface area contributed by atoms with Crippen molar-refractivity contribution in [2.75, 3.05) is 44.6 Å². The molecule has 1 saturated heterocycles. The van der Waals surface area contributed by atoms with E-state index in [1.807, 2.05) is 12.1 Å². The van der Waals surface area contributed by atoms with Crippen molar-refractivity contribution in [3.63, 3.8) is 0 Å². The van der Waals surface area contributed by atoms with Crippen LogP contribution in [0.3, 0.4) is 0 Å². The molecule has 4 rings (SSSR count). The summed E-state index contributed by atoms with van der Waals surface area (Å²) in [5, 5.41) is 2.46. The van der Waals surface area contributed by atoms with E-state index >= 15 is 0 Å². The summed E-state index contributed by atoms with van der Waals surface area (Å²) < 4.78 is 38.0. The molecule has 2 aliphatic heterocycles. The van der Waals surface area contributed by atoms with Gasteiger partial charge in [0.15, 0.2) is 18.0 Å². The van der Waals surface area contributed by atoms with Gasteiger partial charge in [-0.2, -0.15) is 0 Å². The van der Waals surface area contributed by atoms with E-state index in [0.29, 0.717) is 37.7 Å². The number of carbonyl (C=O) groups excluding carboxylic acids is 2. The average Bonchev–Trinajstić information content (AvgIpc) is 2.75. The quantitative estimate of drug-likeness (QED) is 0.758. The maximum Gasteiger partial charge on any atom is 0.279 e. The highest BCUT2D eigenvalue weighted by molar-refractivity contribution is 5.91. The molecule has 2 amide bonds. The largest absolute Gasteiger partial charge is 0.485 e. The van der Waals surface area contributed by atoms with E-state index < -0.39 is 17.7 Å². The molecular weight excluding hydrogens is 396 g/mol. The Hall–Kier alpha value is -3.20. The highest BCUT2D eigenvalue weighted by Gasteiger charge is 2.34. The summed E-state index contributed by atoms with van der Waals surface area (Å²) in [4.78, 5) is 27.6. The summed E-state index contributed by atoms with van der Waals surface area (Å²) >= 11 is 0. The number of anilines is 1. The number of benzene rings is 2. The maximum absolute atomic E-state index is 13.7. The van der Waals surface area contributed by atoms with Crippen LogP contribution in [0.5, 0.6) is 11.5 Å². The van der Waals surface area contributed by atoms with Crippen molar-refractivity contribution in [2.45, 2.75) is 6.10 Å². The van der Waals surface area contributed by atoms with Gasteiger partial charge < -0.3 is 24.6 Å². The van der Waals surface area contributed by atoms with Crippen LogP contribution in [0.1, 0.15) is 0 Å². The Morgan fingerprint density at radius 3 is 2.57 bits per heavy atom. The average molecular weight is 418 g/mol. The fourth-order valence-corrected chi connectivity index (χ4v) is 3.58. The highest BCUT2D eigenvalue weighted by Crippen LogP contribution is 2.31. The van der Waals surface area contributed by atoms with E-state index in [-0.39, 0.29) is 30.7 Å². The molecule has 0 aromatic heterocycles. The lowest BCUT2D eigenvalue weighted by Gasteiger charge is -2.35. The molecule has 0 bridgehead atoms. The van der Waals surface area contributed by atoms with E-state index in [1.54, 1.807) is 17.0 Å². The lowest BCUT2D eigenvalue weighted by Crippen LogP contribution is -3.15. The molecule has 0 aliphatic carbocycles. The molecule has 2 aromatic carbocycles. The van der Waals surface area contributed by atoms with Crippen molar-refractivity contribution < 1.29 is 32.7 Å². The van der Waals surface area contributed by atoms with Crippen LogP contribution < -0.4 is 19.7 Å². The Morgan fingerprint density at radius 2 is 1.83 bits per heavy atom. The number of carbonyl (C=O) groups is 2. The van der Waals surface area contributed by atoms with Crippen LogP contribution in [0.15, 0.2) is 42.5 Å². The first-order valence-corrected chi connectivity index (χ1v) is 9.75. The second-order valence-corrected chi connectivity index (χ2v) is 7.29. The summed E-state index contributed by atoms with van der Waals surface area (Å²) in [6.07, 6.45) is -0.689. The summed E-state index contributed by atoms with van der Waals surface area (Å²) in [5.74, 6) is -0.842. The van der Waals surface area contributed by atoms with Crippen molar-refractivity contribution >= 4 is 17.5 Å². The molecule has 2 aromatic rings. The van der Waals surface area contributed by atoms with Crippen LogP contribution in [0, 0.1) is 11.6 Å². The summed E-state index contributed by atoms with van der Waals surface area (Å²) in [5.41, 5.74) is -0.0515. The number of quaternary nitrogens is 1. The number of hydrogen-bond acceptors (Lipinski definition) is 4. The number of halogens is 2. The maximum atomic E-state index is 13.7. The lowest BCUT2D eigenvalue weighted by molar-refractivity contribution is -0.895. The van der Waals surface area contributed by atoms with Gasteiger partial charge in [0.25, 0.3) is 11.8 Å². The zero-order chi connectivity index (χ0) is 21.1. The first-order valence-electron chi connectivity index (χ1n) is 9.75. The number of hydrogen-bond donors (Lipinski definition) is 2. The molecule has 0 unspecified atom stereocenters. The van der Waals surface area contributed by atoms with E-state index in [2.05, 4.69) is 5.32 Å². The van der Waals surface area contributed by atoms with Crippen molar-refractivity contribution in [3.8, 4) is 11.5 Å². The standard InChI is InChI=1S/C21H21F2N3O4/c22-14-5-6-16(15(23)11-14)24-20(27)12-25-7-9-26(10-8-25)21(28)19-13-29-17-3-1-2-4-18(17)30-19/h1-6,11,19H,7-10,12-13H2,(H,24,27)/p+1/t19-/m1/s1. The second kappa shape index (κ2) is 8.66. The van der Waals surface area contributed by atoms with Gasteiger partial charge in [-0.25, -0.2) is 8.78 Å². The number of rotatable bonds is 4. The third kappa shape index (κ3) is 4.51. The predicted octanol–water partition coefficient (Wildman–Crippen LogP) is 0.470. The molecular formula is C21H22F2N3O4+. The molecule has 30 heavy (non-hydrogen) atoms. The molecule has 7 nitrogen and oxygen atoms in total. The summed E-state index contributed by atoms with van der Waals surface area (Å²) in [6.45, 7) is 2.41. The van der Waals surface area contributed by atoms with Crippen LogP contribution in [0.25, 0.3) is 0 Å². The minimum atomic E-state index is -0.815.